The maximum absolute atomic E-state index is 12.6. The lowest BCUT2D eigenvalue weighted by atomic mass is 10.1. The van der Waals surface area contributed by atoms with E-state index >= 15 is 0 Å². The van der Waals surface area contributed by atoms with E-state index in [4.69, 9.17) is 23.2 Å². The van der Waals surface area contributed by atoms with Gasteiger partial charge in [-0.3, -0.25) is 14.9 Å². The van der Waals surface area contributed by atoms with Crippen LogP contribution in [0.15, 0.2) is 47.5 Å². The van der Waals surface area contributed by atoms with Gasteiger partial charge in [0.05, 0.1) is 20.7 Å². The first-order valence-corrected chi connectivity index (χ1v) is 9.88. The fraction of sp³-hybridized carbons (Fsp3) is 0.158. The normalized spacial score (nSPS) is 11.6. The Bertz CT molecular complexity index is 1150. The highest BCUT2D eigenvalue weighted by Gasteiger charge is 2.15. The van der Waals surface area contributed by atoms with Crippen molar-refractivity contribution in [2.45, 2.75) is 20.4 Å². The molecule has 0 fully saturated rings. The molecule has 6 nitrogen and oxygen atoms in total. The lowest BCUT2D eigenvalue weighted by molar-refractivity contribution is -0.384. The van der Waals surface area contributed by atoms with Gasteiger partial charge in [-0.1, -0.05) is 35.3 Å². The fourth-order valence-corrected chi connectivity index (χ4v) is 4.16. The van der Waals surface area contributed by atoms with Crippen LogP contribution in [0.2, 0.25) is 10.0 Å². The number of nitro benzene ring substituents is 1. The number of nitro groups is 1. The third-order valence-corrected chi connectivity index (χ3v) is 5.82. The van der Waals surface area contributed by atoms with E-state index in [2.05, 4.69) is 4.99 Å². The third kappa shape index (κ3) is 4.01. The molecule has 0 aliphatic heterocycles. The monoisotopic (exact) mass is 435 g/mol. The molecule has 0 spiro atoms. The van der Waals surface area contributed by atoms with E-state index in [9.17, 15) is 14.9 Å². The van der Waals surface area contributed by atoms with E-state index in [1.165, 1.54) is 35.6 Å². The van der Waals surface area contributed by atoms with Crippen LogP contribution in [-0.4, -0.2) is 15.4 Å². The molecule has 1 heterocycles. The lowest BCUT2D eigenvalue weighted by Crippen LogP contribution is -2.17. The zero-order valence-electron chi connectivity index (χ0n) is 15.0. The van der Waals surface area contributed by atoms with Crippen molar-refractivity contribution < 1.29 is 9.72 Å². The van der Waals surface area contributed by atoms with Crippen molar-refractivity contribution in [3.8, 4) is 11.3 Å². The molecule has 0 saturated carbocycles. The van der Waals surface area contributed by atoms with Gasteiger partial charge in [-0.25, -0.2) is 0 Å². The number of halogens is 2. The summed E-state index contributed by atoms with van der Waals surface area (Å²) in [4.78, 5) is 28.7. The molecule has 0 bridgehead atoms. The highest BCUT2D eigenvalue weighted by molar-refractivity contribution is 7.09. The van der Waals surface area contributed by atoms with E-state index < -0.39 is 10.8 Å². The first-order chi connectivity index (χ1) is 13.3. The molecule has 9 heteroatoms. The van der Waals surface area contributed by atoms with Gasteiger partial charge in [-0.05, 0) is 32.0 Å². The predicted octanol–water partition coefficient (Wildman–Crippen LogP) is 5.50. The number of non-ortho nitro benzene ring substituents is 1. The van der Waals surface area contributed by atoms with Gasteiger partial charge < -0.3 is 4.57 Å². The van der Waals surface area contributed by atoms with Crippen LogP contribution >= 0.6 is 34.5 Å². The molecule has 0 aliphatic carbocycles. The molecule has 2 aromatic carbocycles. The Hall–Kier alpha value is -2.48. The number of hydrogen-bond acceptors (Lipinski definition) is 4. The van der Waals surface area contributed by atoms with Crippen LogP contribution in [0.3, 0.4) is 0 Å². The zero-order chi connectivity index (χ0) is 20.4. The standard InChI is InChI=1S/C19H15Cl2N3O3S/c1-3-23-17(12-7-8-15(20)16(21)10-12)11(2)28-19(23)22-18(25)13-5-4-6-14(9-13)24(26)27/h4-10H,3H2,1-2H3. The molecule has 3 aromatic rings. The number of carbonyl (C=O) groups excluding carboxylic acids is 1. The van der Waals surface area contributed by atoms with Gasteiger partial charge in [-0.15, -0.1) is 11.3 Å². The molecule has 0 atom stereocenters. The molecule has 3 rings (SSSR count). The highest BCUT2D eigenvalue weighted by atomic mass is 35.5. The van der Waals surface area contributed by atoms with Gasteiger partial charge in [-0.2, -0.15) is 4.99 Å². The van der Waals surface area contributed by atoms with E-state index in [0.717, 1.165) is 16.1 Å². The number of aryl methyl sites for hydroxylation is 1. The summed E-state index contributed by atoms with van der Waals surface area (Å²) in [5.74, 6) is -0.534. The van der Waals surface area contributed by atoms with Crippen molar-refractivity contribution in [3.63, 3.8) is 0 Å². The third-order valence-electron chi connectivity index (χ3n) is 4.09. The minimum atomic E-state index is -0.541. The predicted molar refractivity (Wildman–Crippen MR) is 111 cm³/mol. The Kier molecular flexibility index (Phi) is 5.98. The Morgan fingerprint density at radius 1 is 1.21 bits per heavy atom. The number of benzene rings is 2. The quantitative estimate of drug-likeness (QED) is 0.400. The number of carbonyl (C=O) groups is 1. The maximum atomic E-state index is 12.6. The Labute approximate surface area is 174 Å². The number of aromatic nitrogens is 1. The molecular formula is C19H15Cl2N3O3S. The first-order valence-electron chi connectivity index (χ1n) is 8.31. The van der Waals surface area contributed by atoms with Gasteiger partial charge in [0.15, 0.2) is 4.80 Å². The molecule has 0 unspecified atom stereocenters. The largest absolute Gasteiger partial charge is 0.316 e. The second-order valence-electron chi connectivity index (χ2n) is 5.89. The van der Waals surface area contributed by atoms with Gasteiger partial charge in [0.25, 0.3) is 11.6 Å². The van der Waals surface area contributed by atoms with E-state index in [-0.39, 0.29) is 11.3 Å². The van der Waals surface area contributed by atoms with E-state index in [1.807, 2.05) is 24.5 Å². The van der Waals surface area contributed by atoms with Crippen molar-refractivity contribution in [2.75, 3.05) is 0 Å². The van der Waals surface area contributed by atoms with Crippen LogP contribution in [-0.2, 0) is 6.54 Å². The average molecular weight is 436 g/mol. The summed E-state index contributed by atoms with van der Waals surface area (Å²) < 4.78 is 1.91. The van der Waals surface area contributed by atoms with Gasteiger partial charge in [0.1, 0.15) is 0 Å². The summed E-state index contributed by atoms with van der Waals surface area (Å²) in [6.45, 7) is 4.47. The van der Waals surface area contributed by atoms with Crippen LogP contribution in [0.25, 0.3) is 11.3 Å². The number of amides is 1. The van der Waals surface area contributed by atoms with Crippen molar-refractivity contribution in [2.24, 2.45) is 4.99 Å². The molecule has 28 heavy (non-hydrogen) atoms. The van der Waals surface area contributed by atoms with E-state index in [0.29, 0.717) is 21.4 Å². The number of thiazole rings is 1. The minimum Gasteiger partial charge on any atom is -0.316 e. The Balaban J connectivity index is 2.10. The number of nitrogens with zero attached hydrogens (tertiary/aromatic N) is 3. The first kappa shape index (κ1) is 20.3. The van der Waals surface area contributed by atoms with Gasteiger partial charge in [0, 0.05) is 34.7 Å². The molecule has 0 saturated heterocycles. The second-order valence-corrected chi connectivity index (χ2v) is 7.88. The van der Waals surface area contributed by atoms with Crippen LogP contribution in [0.4, 0.5) is 5.69 Å². The fourth-order valence-electron chi connectivity index (χ4n) is 2.81. The van der Waals surface area contributed by atoms with Gasteiger partial charge >= 0.3 is 0 Å². The van der Waals surface area contributed by atoms with E-state index in [1.54, 1.807) is 12.1 Å². The Morgan fingerprint density at radius 3 is 2.61 bits per heavy atom. The van der Waals surface area contributed by atoms with Crippen LogP contribution in [0.1, 0.15) is 22.2 Å². The smallest absolute Gasteiger partial charge is 0.279 e. The zero-order valence-corrected chi connectivity index (χ0v) is 17.3. The maximum Gasteiger partial charge on any atom is 0.279 e. The molecule has 144 valence electrons. The van der Waals surface area contributed by atoms with Crippen LogP contribution in [0.5, 0.6) is 0 Å². The van der Waals surface area contributed by atoms with Crippen LogP contribution in [0, 0.1) is 17.0 Å². The summed E-state index contributed by atoms with van der Waals surface area (Å²) in [5.41, 5.74) is 1.79. The van der Waals surface area contributed by atoms with Gasteiger partial charge in [0.2, 0.25) is 0 Å². The molecule has 1 aromatic heterocycles. The number of rotatable bonds is 4. The molecular weight excluding hydrogens is 421 g/mol. The van der Waals surface area contributed by atoms with Crippen molar-refractivity contribution in [3.05, 3.63) is 77.9 Å². The lowest BCUT2D eigenvalue weighted by Gasteiger charge is -2.08. The Morgan fingerprint density at radius 2 is 1.96 bits per heavy atom. The van der Waals surface area contributed by atoms with Crippen molar-refractivity contribution in [1.29, 1.82) is 0 Å². The highest BCUT2D eigenvalue weighted by Crippen LogP contribution is 2.31. The molecule has 0 aliphatic rings. The van der Waals surface area contributed by atoms with Crippen LogP contribution < -0.4 is 4.80 Å². The molecule has 0 radical (unpaired) electrons. The summed E-state index contributed by atoms with van der Waals surface area (Å²) in [6.07, 6.45) is 0. The summed E-state index contributed by atoms with van der Waals surface area (Å²) in [5, 5.41) is 11.8. The molecule has 0 N–H and O–H groups in total. The van der Waals surface area contributed by atoms with Crippen molar-refractivity contribution in [1.82, 2.24) is 4.57 Å². The molecule has 1 amide bonds. The summed E-state index contributed by atoms with van der Waals surface area (Å²) >= 11 is 13.5. The SMILES string of the molecule is CCn1c(-c2ccc(Cl)c(Cl)c2)c(C)sc1=NC(=O)c1cccc([N+](=O)[O-])c1. The summed E-state index contributed by atoms with van der Waals surface area (Å²) in [6, 6.07) is 10.9. The number of hydrogen-bond donors (Lipinski definition) is 0. The second kappa shape index (κ2) is 8.26. The minimum absolute atomic E-state index is 0.150. The topological polar surface area (TPSA) is 77.5 Å². The average Bonchev–Trinajstić information content (AvgIpc) is 2.98. The van der Waals surface area contributed by atoms with Crippen molar-refractivity contribution >= 4 is 46.1 Å². The summed E-state index contributed by atoms with van der Waals surface area (Å²) in [7, 11) is 0.